The summed E-state index contributed by atoms with van der Waals surface area (Å²) in [5.41, 5.74) is 0.937. The van der Waals surface area contributed by atoms with Crippen molar-refractivity contribution < 1.29 is 0 Å². The molecule has 0 aliphatic carbocycles. The van der Waals surface area contributed by atoms with E-state index in [9.17, 15) is 0 Å². The first kappa shape index (κ1) is 27.0. The summed E-state index contributed by atoms with van der Waals surface area (Å²) in [5.74, 6) is 4.17. The molecule has 0 saturated heterocycles. The molecule has 27 heavy (non-hydrogen) atoms. The zero-order valence-electron chi connectivity index (χ0n) is 21.3. The third-order valence-electron chi connectivity index (χ3n) is 8.57. The van der Waals surface area contributed by atoms with Crippen molar-refractivity contribution in [2.75, 3.05) is 0 Å². The summed E-state index contributed by atoms with van der Waals surface area (Å²) in [6, 6.07) is 0. The van der Waals surface area contributed by atoms with Gasteiger partial charge in [0.05, 0.1) is 0 Å². The number of rotatable bonds is 15. The van der Waals surface area contributed by atoms with Gasteiger partial charge in [-0.2, -0.15) is 0 Å². The topological polar surface area (TPSA) is 0 Å². The van der Waals surface area contributed by atoms with Crippen molar-refractivity contribution in [3.05, 3.63) is 0 Å². The predicted molar refractivity (Wildman–Crippen MR) is 126 cm³/mol. The van der Waals surface area contributed by atoms with Gasteiger partial charge in [0, 0.05) is 0 Å². The molecule has 0 amide bonds. The average Bonchev–Trinajstić information content (AvgIpc) is 2.60. The van der Waals surface area contributed by atoms with E-state index in [4.69, 9.17) is 0 Å². The van der Waals surface area contributed by atoms with Crippen LogP contribution in [0.1, 0.15) is 134 Å². The third-order valence-corrected chi connectivity index (χ3v) is 8.57. The maximum Gasteiger partial charge on any atom is -0.0300 e. The second-order valence-corrected chi connectivity index (χ2v) is 11.3. The summed E-state index contributed by atoms with van der Waals surface area (Å²) >= 11 is 0. The van der Waals surface area contributed by atoms with Crippen LogP contribution in [-0.4, -0.2) is 0 Å². The molecule has 0 heteroatoms. The van der Waals surface area contributed by atoms with Crippen LogP contribution in [0, 0.1) is 40.4 Å². The number of hydrogen-bond acceptors (Lipinski definition) is 0. The summed E-state index contributed by atoms with van der Waals surface area (Å²) in [6.07, 6.45) is 12.4. The lowest BCUT2D eigenvalue weighted by Crippen LogP contribution is -2.37. The van der Waals surface area contributed by atoms with Gasteiger partial charge in [-0.1, -0.05) is 108 Å². The minimum atomic E-state index is 0.458. The van der Waals surface area contributed by atoms with E-state index in [1.54, 1.807) is 0 Å². The van der Waals surface area contributed by atoms with Gasteiger partial charge in [-0.15, -0.1) is 0 Å². The molecule has 0 heterocycles. The van der Waals surface area contributed by atoms with E-state index < -0.39 is 0 Å². The second-order valence-electron chi connectivity index (χ2n) is 11.3. The molecule has 0 radical (unpaired) electrons. The van der Waals surface area contributed by atoms with Crippen molar-refractivity contribution in [1.82, 2.24) is 0 Å². The molecule has 0 spiro atoms. The fourth-order valence-electron chi connectivity index (χ4n) is 5.41. The molecule has 164 valence electrons. The Morgan fingerprint density at radius 1 is 0.741 bits per heavy atom. The molecule has 0 aliphatic heterocycles. The minimum Gasteiger partial charge on any atom is -0.0654 e. The van der Waals surface area contributed by atoms with Crippen molar-refractivity contribution >= 4 is 0 Å². The molecule has 5 unspecified atom stereocenters. The van der Waals surface area contributed by atoms with Gasteiger partial charge in [-0.05, 0) is 66.1 Å². The van der Waals surface area contributed by atoms with Crippen molar-refractivity contribution in [3.8, 4) is 0 Å². The largest absolute Gasteiger partial charge is 0.0654 e. The zero-order chi connectivity index (χ0) is 21.3. The maximum atomic E-state index is 2.59. The first-order valence-corrected chi connectivity index (χ1v) is 12.4. The lowest BCUT2D eigenvalue weighted by molar-refractivity contribution is 0.0406. The van der Waals surface area contributed by atoms with Crippen LogP contribution in [0.5, 0.6) is 0 Å². The van der Waals surface area contributed by atoms with E-state index in [2.05, 4.69) is 76.2 Å². The van der Waals surface area contributed by atoms with Crippen LogP contribution in [0.2, 0.25) is 0 Å². The molecule has 0 aliphatic rings. The first-order chi connectivity index (χ1) is 12.4. The lowest BCUT2D eigenvalue weighted by Gasteiger charge is -2.46. The highest BCUT2D eigenvalue weighted by Crippen LogP contribution is 2.48. The third kappa shape index (κ3) is 8.91. The standard InChI is InChI=1S/C27H56/c1-12-15-16-18-26(9,10)23(7)24(8)27(11,14-3)19-17-25(13-2)22(6)20-21(4)5/h21-25H,12-20H2,1-11H3. The second kappa shape index (κ2) is 12.5. The molecule has 0 bridgehead atoms. The van der Waals surface area contributed by atoms with Crippen LogP contribution in [-0.2, 0) is 0 Å². The van der Waals surface area contributed by atoms with Crippen LogP contribution in [0.4, 0.5) is 0 Å². The van der Waals surface area contributed by atoms with Gasteiger partial charge in [0.2, 0.25) is 0 Å². The molecule has 0 rings (SSSR count). The summed E-state index contributed by atoms with van der Waals surface area (Å²) in [6.45, 7) is 27.2. The Hall–Kier alpha value is 0. The smallest absolute Gasteiger partial charge is 0.0300 e. The lowest BCUT2D eigenvalue weighted by atomic mass is 9.60. The zero-order valence-corrected chi connectivity index (χ0v) is 21.3. The fraction of sp³-hybridized carbons (Fsp3) is 1.00. The highest BCUT2D eigenvalue weighted by atomic mass is 14.4. The van der Waals surface area contributed by atoms with Gasteiger partial charge in [0.1, 0.15) is 0 Å². The summed E-state index contributed by atoms with van der Waals surface area (Å²) in [7, 11) is 0. The van der Waals surface area contributed by atoms with Crippen molar-refractivity contribution in [2.45, 2.75) is 134 Å². The van der Waals surface area contributed by atoms with Crippen LogP contribution in [0.15, 0.2) is 0 Å². The maximum absolute atomic E-state index is 2.59. The Morgan fingerprint density at radius 2 is 1.33 bits per heavy atom. The van der Waals surface area contributed by atoms with Gasteiger partial charge in [0.15, 0.2) is 0 Å². The van der Waals surface area contributed by atoms with Crippen LogP contribution >= 0.6 is 0 Å². The quantitative estimate of drug-likeness (QED) is 0.248. The Kier molecular flexibility index (Phi) is 12.5. The highest BCUT2D eigenvalue weighted by molar-refractivity contribution is 4.89. The van der Waals surface area contributed by atoms with E-state index >= 15 is 0 Å². The molecule has 0 aromatic carbocycles. The Labute approximate surface area is 174 Å². The average molecular weight is 381 g/mol. The molecular formula is C27H56. The van der Waals surface area contributed by atoms with Crippen LogP contribution in [0.25, 0.3) is 0 Å². The SMILES string of the molecule is CCCCCC(C)(C)C(C)C(C)C(C)(CC)CCC(CC)C(C)CC(C)C. The normalized spacial score (nSPS) is 19.6. The minimum absolute atomic E-state index is 0.458. The van der Waals surface area contributed by atoms with Gasteiger partial charge in [-0.3, -0.25) is 0 Å². The van der Waals surface area contributed by atoms with Gasteiger partial charge >= 0.3 is 0 Å². The van der Waals surface area contributed by atoms with Crippen molar-refractivity contribution in [2.24, 2.45) is 40.4 Å². The van der Waals surface area contributed by atoms with E-state index in [1.807, 2.05) is 0 Å². The molecule has 0 saturated carbocycles. The Morgan fingerprint density at radius 3 is 1.78 bits per heavy atom. The molecule has 0 aromatic heterocycles. The first-order valence-electron chi connectivity index (χ1n) is 12.4. The van der Waals surface area contributed by atoms with Gasteiger partial charge in [-0.25, -0.2) is 0 Å². The van der Waals surface area contributed by atoms with E-state index in [0.717, 1.165) is 29.6 Å². The predicted octanol–water partition coefficient (Wildman–Crippen LogP) is 9.77. The van der Waals surface area contributed by atoms with Gasteiger partial charge < -0.3 is 0 Å². The summed E-state index contributed by atoms with van der Waals surface area (Å²) in [5, 5.41) is 0. The van der Waals surface area contributed by atoms with Crippen LogP contribution in [0.3, 0.4) is 0 Å². The molecule has 0 fully saturated rings. The molecule has 0 aromatic rings. The van der Waals surface area contributed by atoms with Crippen LogP contribution < -0.4 is 0 Å². The summed E-state index contributed by atoms with van der Waals surface area (Å²) in [4.78, 5) is 0. The fourth-order valence-corrected chi connectivity index (χ4v) is 5.41. The highest BCUT2D eigenvalue weighted by Gasteiger charge is 2.39. The summed E-state index contributed by atoms with van der Waals surface area (Å²) < 4.78 is 0. The molecular weight excluding hydrogens is 324 g/mol. The van der Waals surface area contributed by atoms with Gasteiger partial charge in [0.25, 0.3) is 0 Å². The number of hydrogen-bond donors (Lipinski definition) is 0. The Bertz CT molecular complexity index is 366. The number of unbranched alkanes of at least 4 members (excludes halogenated alkanes) is 2. The Balaban J connectivity index is 5.00. The van der Waals surface area contributed by atoms with Crippen molar-refractivity contribution in [1.29, 1.82) is 0 Å². The monoisotopic (exact) mass is 380 g/mol. The molecule has 5 atom stereocenters. The van der Waals surface area contributed by atoms with E-state index in [0.29, 0.717) is 10.8 Å². The molecule has 0 nitrogen and oxygen atoms in total. The molecule has 0 N–H and O–H groups in total. The van der Waals surface area contributed by atoms with E-state index in [1.165, 1.54) is 57.8 Å². The van der Waals surface area contributed by atoms with Crippen molar-refractivity contribution in [3.63, 3.8) is 0 Å². The van der Waals surface area contributed by atoms with E-state index in [-0.39, 0.29) is 0 Å².